The monoisotopic (exact) mass is 1180 g/mol. The molecule has 0 aromatic heterocycles. The Labute approximate surface area is 496 Å². The molecule has 3 aromatic carbocycles. The Bertz CT molecular complexity index is 2800. The van der Waals surface area contributed by atoms with Gasteiger partial charge in [0.05, 0.1) is 6.42 Å². The normalized spacial score (nSPS) is 25.1. The summed E-state index contributed by atoms with van der Waals surface area (Å²) >= 11 is 0. The van der Waals surface area contributed by atoms with Gasteiger partial charge in [0.15, 0.2) is 0 Å². The van der Waals surface area contributed by atoms with E-state index in [4.69, 9.17) is 11.5 Å². The molecule has 0 bridgehead atoms. The molecule has 85 heavy (non-hydrogen) atoms. The summed E-state index contributed by atoms with van der Waals surface area (Å²) in [6.07, 6.45) is -0.192. The summed E-state index contributed by atoms with van der Waals surface area (Å²) in [6.45, 7) is 12.1. The van der Waals surface area contributed by atoms with Gasteiger partial charge in [0, 0.05) is 25.8 Å². The number of carbonyl (C=O) groups is 11. The van der Waals surface area contributed by atoms with E-state index in [2.05, 4.69) is 47.9 Å². The van der Waals surface area contributed by atoms with E-state index in [-0.39, 0.29) is 82.0 Å². The van der Waals surface area contributed by atoms with Crippen LogP contribution in [-0.2, 0) is 72.0 Å². The average Bonchev–Trinajstić information content (AvgIpc) is 3.70. The topological polar surface area (TPSA) is 372 Å². The largest absolute Gasteiger partial charge is 0.508 e. The lowest BCUT2D eigenvalue weighted by Crippen LogP contribution is -2.62. The predicted molar refractivity (Wildman–Crippen MR) is 316 cm³/mol. The Morgan fingerprint density at radius 3 is 1.46 bits per heavy atom. The van der Waals surface area contributed by atoms with E-state index in [9.17, 15) is 53.1 Å². The summed E-state index contributed by atoms with van der Waals surface area (Å²) < 4.78 is 0. The second-order valence-corrected chi connectivity index (χ2v) is 23.2. The Balaban J connectivity index is 1.61. The van der Waals surface area contributed by atoms with Crippen LogP contribution >= 0.6 is 0 Å². The van der Waals surface area contributed by atoms with Crippen LogP contribution in [0.4, 0.5) is 0 Å². The van der Waals surface area contributed by atoms with Crippen LogP contribution < -0.4 is 59.3 Å². The number of rotatable bonds is 16. The molecule has 462 valence electrons. The molecule has 2 aliphatic heterocycles. The molecule has 0 unspecified atom stereocenters. The lowest BCUT2D eigenvalue weighted by Gasteiger charge is -2.32. The third-order valence-electron chi connectivity index (χ3n) is 14.7. The summed E-state index contributed by atoms with van der Waals surface area (Å²) in [6, 6.07) is 9.71. The number of benzene rings is 3. The SMILES string of the molecule is CC(C)C[C@@H]1NC(=O)[C@H](C)NC(=O)[C@H](CC(N)=O)NC(=O)[C@@H](Cc2ccccc2)NC(=O)[C@H](Cc2ccccc2)NC(=O)[C@@H]2CCCN2C(=O)[C@@H](Cc2ccc(O)cc2)NC(=O)[C@H](CC(C)C)NC(=O)[C@H](CCCN)NC(=O)[C@H](C(C)C)NC1=O. The molecule has 0 radical (unpaired) electrons. The maximum Gasteiger partial charge on any atom is 0.246 e. The van der Waals surface area contributed by atoms with Crippen LogP contribution in [0.25, 0.3) is 0 Å². The maximum absolute atomic E-state index is 15.1. The molecule has 2 aliphatic rings. The number of carbonyl (C=O) groups excluding carboxylic acids is 11. The molecule has 3 aromatic rings. The van der Waals surface area contributed by atoms with Gasteiger partial charge in [-0.05, 0) is 98.6 Å². The van der Waals surface area contributed by atoms with Crippen molar-refractivity contribution in [3.8, 4) is 5.75 Å². The first-order valence-corrected chi connectivity index (χ1v) is 29.2. The fourth-order valence-electron chi connectivity index (χ4n) is 10.2. The van der Waals surface area contributed by atoms with Gasteiger partial charge in [-0.15, -0.1) is 0 Å². The minimum atomic E-state index is -1.69. The molecule has 24 nitrogen and oxygen atoms in total. The van der Waals surface area contributed by atoms with Gasteiger partial charge in [0.1, 0.15) is 66.2 Å². The number of phenols is 1. The lowest BCUT2D eigenvalue weighted by atomic mass is 9.98. The van der Waals surface area contributed by atoms with Gasteiger partial charge in [-0.25, -0.2) is 0 Å². The number of hydrogen-bond donors (Lipinski definition) is 12. The van der Waals surface area contributed by atoms with E-state index < -0.39 is 138 Å². The highest BCUT2D eigenvalue weighted by Crippen LogP contribution is 2.22. The number of hydrogen-bond acceptors (Lipinski definition) is 13. The number of nitrogens with two attached hydrogens (primary N) is 2. The minimum absolute atomic E-state index is 0.0188. The standard InChI is InChI=1S/C61H86N12O12/c1-34(2)28-43-55(79)71-48(32-40-22-24-41(74)25-23-40)61(85)73-27-15-21-49(73)59(83)70-46(31-39-18-12-9-13-19-39)57(81)68-45(30-38-16-10-8-11-17-38)56(80)69-47(33-50(63)75)54(78)64-37(7)52(76)66-44(29-35(3)4)58(82)72-51(36(5)6)60(84)65-42(20-14-26-62)53(77)67-43/h8-13,16-19,22-25,34-37,42-49,51,74H,14-15,20-21,26-33,62H2,1-7H3,(H2,63,75)(H,64,78)(H,65,84)(H,66,76)(H,67,77)(H,68,81)(H,69,80)(H,70,83)(H,71,79)(H,72,82)/t37-,42-,43-,44-,45+,46-,47-,48+,49-,51-/m0/s1. The fourth-order valence-corrected chi connectivity index (χ4v) is 10.2. The van der Waals surface area contributed by atoms with E-state index in [0.717, 1.165) is 0 Å². The van der Waals surface area contributed by atoms with Crippen LogP contribution in [0.15, 0.2) is 84.9 Å². The minimum Gasteiger partial charge on any atom is -0.508 e. The number of nitrogens with one attached hydrogen (secondary N) is 9. The van der Waals surface area contributed by atoms with E-state index in [1.165, 1.54) is 24.0 Å². The van der Waals surface area contributed by atoms with Crippen molar-refractivity contribution >= 4 is 65.0 Å². The summed E-state index contributed by atoms with van der Waals surface area (Å²) in [5, 5.41) is 34.5. The summed E-state index contributed by atoms with van der Waals surface area (Å²) in [7, 11) is 0. The smallest absolute Gasteiger partial charge is 0.246 e. The van der Waals surface area contributed by atoms with Gasteiger partial charge < -0.3 is 69.3 Å². The molecule has 10 atom stereocenters. The molecule has 2 heterocycles. The van der Waals surface area contributed by atoms with E-state index in [1.54, 1.807) is 100 Å². The summed E-state index contributed by atoms with van der Waals surface area (Å²) in [4.78, 5) is 159. The zero-order chi connectivity index (χ0) is 62.5. The zero-order valence-electron chi connectivity index (χ0n) is 49.6. The van der Waals surface area contributed by atoms with Crippen molar-refractivity contribution in [2.45, 2.75) is 173 Å². The Morgan fingerprint density at radius 2 is 0.941 bits per heavy atom. The molecule has 2 saturated heterocycles. The van der Waals surface area contributed by atoms with Crippen LogP contribution in [0.3, 0.4) is 0 Å². The highest BCUT2D eigenvalue weighted by Gasteiger charge is 2.41. The van der Waals surface area contributed by atoms with Crippen LogP contribution in [0.2, 0.25) is 0 Å². The molecule has 0 aliphatic carbocycles. The number of phenolic OH excluding ortho intramolecular Hbond substituents is 1. The van der Waals surface area contributed by atoms with Gasteiger partial charge in [-0.1, -0.05) is 114 Å². The Kier molecular flexibility index (Phi) is 25.8. The number of aromatic hydroxyl groups is 1. The van der Waals surface area contributed by atoms with Crippen LogP contribution in [-0.4, -0.2) is 148 Å². The molecule has 0 spiro atoms. The van der Waals surface area contributed by atoms with Crippen molar-refractivity contribution in [2.75, 3.05) is 13.1 Å². The van der Waals surface area contributed by atoms with Gasteiger partial charge in [0.25, 0.3) is 0 Å². The van der Waals surface area contributed by atoms with Gasteiger partial charge in [-0.3, -0.25) is 52.7 Å². The molecular weight excluding hydrogens is 1090 g/mol. The van der Waals surface area contributed by atoms with Gasteiger partial charge in [-0.2, -0.15) is 0 Å². The number of fused-ring (bicyclic) bond motifs is 1. The first-order valence-electron chi connectivity index (χ1n) is 29.2. The quantitative estimate of drug-likeness (QED) is 0.0912. The molecule has 14 N–H and O–H groups in total. The highest BCUT2D eigenvalue weighted by molar-refractivity contribution is 6.00. The van der Waals surface area contributed by atoms with Crippen molar-refractivity contribution in [1.29, 1.82) is 0 Å². The Hall–Kier alpha value is -8.41. The second-order valence-electron chi connectivity index (χ2n) is 23.2. The predicted octanol–water partition coefficient (Wildman–Crippen LogP) is 0.170. The first kappa shape index (κ1) is 67.4. The zero-order valence-corrected chi connectivity index (χ0v) is 49.6. The molecule has 2 fully saturated rings. The third kappa shape index (κ3) is 21.0. The number of nitrogens with zero attached hydrogens (tertiary/aromatic N) is 1. The first-order chi connectivity index (χ1) is 40.3. The summed E-state index contributed by atoms with van der Waals surface area (Å²) in [5.74, 6) is -10.1. The van der Waals surface area contributed by atoms with Crippen LogP contribution in [0, 0.1) is 17.8 Å². The molecular formula is C61H86N12O12. The molecule has 5 rings (SSSR count). The average molecular weight is 1180 g/mol. The molecule has 24 heteroatoms. The van der Waals surface area contributed by atoms with Crippen LogP contribution in [0.5, 0.6) is 5.75 Å². The van der Waals surface area contributed by atoms with Crippen LogP contribution in [0.1, 0.15) is 110 Å². The third-order valence-corrected chi connectivity index (χ3v) is 14.7. The van der Waals surface area contributed by atoms with E-state index in [0.29, 0.717) is 23.1 Å². The lowest BCUT2D eigenvalue weighted by molar-refractivity contribution is -0.142. The highest BCUT2D eigenvalue weighted by atomic mass is 16.3. The molecule has 11 amide bonds. The maximum atomic E-state index is 15.1. The van der Waals surface area contributed by atoms with Gasteiger partial charge >= 0.3 is 0 Å². The van der Waals surface area contributed by atoms with E-state index in [1.807, 2.05) is 13.8 Å². The van der Waals surface area contributed by atoms with Crippen molar-refractivity contribution in [3.63, 3.8) is 0 Å². The second kappa shape index (κ2) is 32.6. The number of primary amides is 1. The van der Waals surface area contributed by atoms with E-state index >= 15 is 4.79 Å². The van der Waals surface area contributed by atoms with Crippen molar-refractivity contribution in [1.82, 2.24) is 52.8 Å². The molecule has 0 saturated carbocycles. The summed E-state index contributed by atoms with van der Waals surface area (Å²) in [5.41, 5.74) is 13.2. The number of amides is 11. The van der Waals surface area contributed by atoms with Crippen molar-refractivity contribution < 1.29 is 57.8 Å². The van der Waals surface area contributed by atoms with Crippen molar-refractivity contribution in [3.05, 3.63) is 102 Å². The fraction of sp³-hybridized carbons (Fsp3) is 0.525. The van der Waals surface area contributed by atoms with Gasteiger partial charge in [0.2, 0.25) is 65.0 Å². The van der Waals surface area contributed by atoms with Crippen molar-refractivity contribution in [2.24, 2.45) is 29.2 Å². The Morgan fingerprint density at radius 1 is 0.518 bits per heavy atom.